The lowest BCUT2D eigenvalue weighted by Crippen LogP contribution is -2.44. The lowest BCUT2D eigenvalue weighted by molar-refractivity contribution is 0.164. The Labute approximate surface area is 158 Å². The van der Waals surface area contributed by atoms with Crippen LogP contribution >= 0.6 is 0 Å². The second-order valence-electron chi connectivity index (χ2n) is 6.61. The first-order chi connectivity index (χ1) is 12.8. The Bertz CT molecular complexity index is 527. The van der Waals surface area contributed by atoms with Crippen molar-refractivity contribution in [3.63, 3.8) is 0 Å². The SMILES string of the molecule is CN=C(NCCCOC)NCC(c1ccc(OC)cc1)N1CCCCC1. The maximum atomic E-state index is 5.31. The zero-order chi connectivity index (χ0) is 18.6. The van der Waals surface area contributed by atoms with Crippen LogP contribution in [0.4, 0.5) is 0 Å². The number of hydrogen-bond donors (Lipinski definition) is 2. The third-order valence-corrected chi connectivity index (χ3v) is 4.84. The summed E-state index contributed by atoms with van der Waals surface area (Å²) < 4.78 is 10.4. The Morgan fingerprint density at radius 1 is 1.12 bits per heavy atom. The van der Waals surface area contributed by atoms with E-state index in [0.29, 0.717) is 6.04 Å². The van der Waals surface area contributed by atoms with Crippen LogP contribution in [0.2, 0.25) is 0 Å². The Balaban J connectivity index is 1.98. The molecule has 1 atom stereocenters. The zero-order valence-corrected chi connectivity index (χ0v) is 16.5. The van der Waals surface area contributed by atoms with Crippen LogP contribution < -0.4 is 15.4 Å². The van der Waals surface area contributed by atoms with E-state index in [1.54, 1.807) is 14.2 Å². The number of hydrogen-bond acceptors (Lipinski definition) is 4. The predicted octanol–water partition coefficient (Wildman–Crippen LogP) is 2.42. The molecule has 1 aliphatic rings. The fraction of sp³-hybridized carbons (Fsp3) is 0.650. The molecule has 6 heteroatoms. The van der Waals surface area contributed by atoms with Crippen molar-refractivity contribution in [2.75, 3.05) is 54.1 Å². The molecule has 1 aliphatic heterocycles. The number of aliphatic imine (C=N–C) groups is 1. The molecule has 146 valence electrons. The summed E-state index contributed by atoms with van der Waals surface area (Å²) in [6, 6.07) is 8.77. The number of nitrogens with zero attached hydrogens (tertiary/aromatic N) is 2. The predicted molar refractivity (Wildman–Crippen MR) is 107 cm³/mol. The van der Waals surface area contributed by atoms with Crippen LogP contribution in [0, 0.1) is 0 Å². The molecule has 6 nitrogen and oxygen atoms in total. The fourth-order valence-corrected chi connectivity index (χ4v) is 3.35. The number of piperidine rings is 1. The summed E-state index contributed by atoms with van der Waals surface area (Å²) in [4.78, 5) is 6.92. The molecule has 0 saturated carbocycles. The molecule has 2 rings (SSSR count). The first-order valence-corrected chi connectivity index (χ1v) is 9.60. The zero-order valence-electron chi connectivity index (χ0n) is 16.5. The Hall–Kier alpha value is -1.79. The highest BCUT2D eigenvalue weighted by Crippen LogP contribution is 2.25. The highest BCUT2D eigenvalue weighted by Gasteiger charge is 2.22. The molecule has 0 aliphatic carbocycles. The van der Waals surface area contributed by atoms with E-state index in [4.69, 9.17) is 9.47 Å². The molecule has 0 radical (unpaired) electrons. The number of likely N-dealkylation sites (tertiary alicyclic amines) is 1. The van der Waals surface area contributed by atoms with Crippen molar-refractivity contribution >= 4 is 5.96 Å². The Morgan fingerprint density at radius 3 is 2.46 bits per heavy atom. The third-order valence-electron chi connectivity index (χ3n) is 4.84. The highest BCUT2D eigenvalue weighted by molar-refractivity contribution is 5.79. The average molecular weight is 363 g/mol. The minimum absolute atomic E-state index is 0.332. The first-order valence-electron chi connectivity index (χ1n) is 9.60. The summed E-state index contributed by atoms with van der Waals surface area (Å²) in [7, 11) is 5.25. The Morgan fingerprint density at radius 2 is 1.85 bits per heavy atom. The Kier molecular flexibility index (Phi) is 9.28. The van der Waals surface area contributed by atoms with Gasteiger partial charge in [0.25, 0.3) is 0 Å². The van der Waals surface area contributed by atoms with Gasteiger partial charge in [-0.15, -0.1) is 0 Å². The number of rotatable bonds is 9. The topological polar surface area (TPSA) is 58.1 Å². The van der Waals surface area contributed by atoms with E-state index in [1.165, 1.54) is 24.8 Å². The van der Waals surface area contributed by atoms with Crippen LogP contribution in [0.5, 0.6) is 5.75 Å². The van der Waals surface area contributed by atoms with E-state index in [1.807, 2.05) is 19.2 Å². The lowest BCUT2D eigenvalue weighted by atomic mass is 10.0. The molecule has 1 saturated heterocycles. The quantitative estimate of drug-likeness (QED) is 0.401. The van der Waals surface area contributed by atoms with Crippen LogP contribution in [0.3, 0.4) is 0 Å². The van der Waals surface area contributed by atoms with Gasteiger partial charge in [-0.05, 0) is 50.0 Å². The van der Waals surface area contributed by atoms with Gasteiger partial charge in [0.15, 0.2) is 5.96 Å². The third kappa shape index (κ3) is 6.50. The molecule has 1 aromatic rings. The number of guanidine groups is 1. The van der Waals surface area contributed by atoms with Crippen molar-refractivity contribution in [3.05, 3.63) is 29.8 Å². The van der Waals surface area contributed by atoms with Crippen molar-refractivity contribution in [1.29, 1.82) is 0 Å². The minimum Gasteiger partial charge on any atom is -0.497 e. The number of nitrogens with one attached hydrogen (secondary N) is 2. The summed E-state index contributed by atoms with van der Waals surface area (Å²) in [6.07, 6.45) is 4.85. The first kappa shape index (κ1) is 20.5. The standard InChI is InChI=1S/C20H34N4O2/c1-21-20(22-12-7-15-25-2)23-16-19(24-13-5-4-6-14-24)17-8-10-18(26-3)11-9-17/h8-11,19H,4-7,12-16H2,1-3H3,(H2,21,22,23). The van der Waals surface area contributed by atoms with Crippen molar-refractivity contribution in [1.82, 2.24) is 15.5 Å². The van der Waals surface area contributed by atoms with Crippen molar-refractivity contribution in [3.8, 4) is 5.75 Å². The second kappa shape index (κ2) is 11.8. The molecule has 1 unspecified atom stereocenters. The van der Waals surface area contributed by atoms with Crippen molar-refractivity contribution in [2.24, 2.45) is 4.99 Å². The van der Waals surface area contributed by atoms with Gasteiger partial charge in [-0.1, -0.05) is 18.6 Å². The normalized spacial score (nSPS) is 17.0. The molecule has 26 heavy (non-hydrogen) atoms. The molecular weight excluding hydrogens is 328 g/mol. The second-order valence-corrected chi connectivity index (χ2v) is 6.61. The monoisotopic (exact) mass is 362 g/mol. The number of benzene rings is 1. The lowest BCUT2D eigenvalue weighted by Gasteiger charge is -2.35. The van der Waals surface area contributed by atoms with E-state index in [-0.39, 0.29) is 0 Å². The van der Waals surface area contributed by atoms with Gasteiger partial charge in [-0.2, -0.15) is 0 Å². The molecule has 0 amide bonds. The van der Waals surface area contributed by atoms with Crippen LogP contribution in [-0.4, -0.2) is 64.9 Å². The molecule has 2 N–H and O–H groups in total. The van der Waals surface area contributed by atoms with E-state index in [2.05, 4.69) is 32.7 Å². The molecule has 1 fully saturated rings. The molecule has 1 heterocycles. The summed E-state index contributed by atoms with van der Waals surface area (Å²) in [5.41, 5.74) is 1.31. The molecule has 1 aromatic carbocycles. The van der Waals surface area contributed by atoms with Gasteiger partial charge in [-0.3, -0.25) is 9.89 Å². The van der Waals surface area contributed by atoms with Gasteiger partial charge in [-0.25, -0.2) is 0 Å². The van der Waals surface area contributed by atoms with Crippen LogP contribution in [0.1, 0.15) is 37.3 Å². The van der Waals surface area contributed by atoms with E-state index >= 15 is 0 Å². The smallest absolute Gasteiger partial charge is 0.191 e. The van der Waals surface area contributed by atoms with Gasteiger partial charge < -0.3 is 20.1 Å². The summed E-state index contributed by atoms with van der Waals surface area (Å²) in [5.74, 6) is 1.74. The number of methoxy groups -OCH3 is 2. The van der Waals surface area contributed by atoms with Crippen molar-refractivity contribution in [2.45, 2.75) is 31.7 Å². The van der Waals surface area contributed by atoms with Crippen molar-refractivity contribution < 1.29 is 9.47 Å². The average Bonchev–Trinajstić information content (AvgIpc) is 2.71. The summed E-state index contributed by atoms with van der Waals surface area (Å²) in [6.45, 7) is 4.74. The van der Waals surface area contributed by atoms with Gasteiger partial charge in [0, 0.05) is 33.9 Å². The maximum absolute atomic E-state index is 5.31. The largest absolute Gasteiger partial charge is 0.497 e. The number of ether oxygens (including phenoxy) is 2. The van der Waals surface area contributed by atoms with Gasteiger partial charge in [0.05, 0.1) is 13.2 Å². The molecule has 0 bridgehead atoms. The summed E-state index contributed by atoms with van der Waals surface area (Å²) in [5, 5.41) is 6.85. The fourth-order valence-electron chi connectivity index (χ4n) is 3.35. The van der Waals surface area contributed by atoms with E-state index < -0.39 is 0 Å². The van der Waals surface area contributed by atoms with Crippen LogP contribution in [-0.2, 0) is 4.74 Å². The molecule has 0 aromatic heterocycles. The van der Waals surface area contributed by atoms with Crippen LogP contribution in [0.25, 0.3) is 0 Å². The van der Waals surface area contributed by atoms with Gasteiger partial charge in [0.2, 0.25) is 0 Å². The highest BCUT2D eigenvalue weighted by atomic mass is 16.5. The minimum atomic E-state index is 0.332. The van der Waals surface area contributed by atoms with Gasteiger partial charge in [0.1, 0.15) is 5.75 Å². The summed E-state index contributed by atoms with van der Waals surface area (Å²) >= 11 is 0. The van der Waals surface area contributed by atoms with E-state index in [9.17, 15) is 0 Å². The van der Waals surface area contributed by atoms with E-state index in [0.717, 1.165) is 50.9 Å². The molecular formula is C20H34N4O2. The maximum Gasteiger partial charge on any atom is 0.191 e. The van der Waals surface area contributed by atoms with Crippen LogP contribution in [0.15, 0.2) is 29.3 Å². The van der Waals surface area contributed by atoms with Gasteiger partial charge >= 0.3 is 0 Å². The molecule has 0 spiro atoms.